The maximum absolute atomic E-state index is 6.50. The van der Waals surface area contributed by atoms with E-state index in [0.717, 1.165) is 33.4 Å². The van der Waals surface area contributed by atoms with E-state index in [-0.39, 0.29) is 0 Å². The van der Waals surface area contributed by atoms with Crippen molar-refractivity contribution in [2.75, 3.05) is 0 Å². The van der Waals surface area contributed by atoms with E-state index in [9.17, 15) is 0 Å². The molecule has 1 aromatic carbocycles. The number of hydrogen-bond acceptors (Lipinski definition) is 5. The van der Waals surface area contributed by atoms with Crippen molar-refractivity contribution in [2.24, 2.45) is 0 Å². The number of nitrogens with zero attached hydrogens (tertiary/aromatic N) is 4. The van der Waals surface area contributed by atoms with Crippen LogP contribution in [0.1, 0.15) is 11.4 Å². The van der Waals surface area contributed by atoms with Gasteiger partial charge in [0.15, 0.2) is 0 Å². The zero-order valence-corrected chi connectivity index (χ0v) is 14.4. The van der Waals surface area contributed by atoms with E-state index >= 15 is 0 Å². The SMILES string of the molecule is Cc1ncnc(C)c1-c1ccc(Oc2nccc3[nH]ncc23)cc1Cl. The minimum Gasteiger partial charge on any atom is -0.438 e. The number of fused-ring (bicyclic) bond motifs is 1. The summed E-state index contributed by atoms with van der Waals surface area (Å²) in [5.41, 5.74) is 4.44. The molecule has 0 unspecified atom stereocenters. The lowest BCUT2D eigenvalue weighted by molar-refractivity contribution is 0.469. The highest BCUT2D eigenvalue weighted by atomic mass is 35.5. The number of aromatic amines is 1. The third-order valence-electron chi connectivity index (χ3n) is 3.98. The fraction of sp³-hybridized carbons (Fsp3) is 0.111. The average molecular weight is 352 g/mol. The molecule has 7 heteroatoms. The first kappa shape index (κ1) is 15.5. The normalized spacial score (nSPS) is 11.0. The van der Waals surface area contributed by atoms with Crippen LogP contribution in [-0.2, 0) is 0 Å². The standard InChI is InChI=1S/C18H14ClN5O/c1-10-17(11(2)22-9-21-10)13-4-3-12(7-15(13)19)25-18-14-8-23-24-16(14)5-6-20-18/h3-9H,1-2H3,(H,23,24). The summed E-state index contributed by atoms with van der Waals surface area (Å²) in [6.07, 6.45) is 4.90. The Kier molecular flexibility index (Phi) is 3.82. The van der Waals surface area contributed by atoms with Crippen LogP contribution in [-0.4, -0.2) is 25.1 Å². The van der Waals surface area contributed by atoms with Crippen molar-refractivity contribution < 1.29 is 4.74 Å². The van der Waals surface area contributed by atoms with Crippen LogP contribution in [0.5, 0.6) is 11.6 Å². The second kappa shape index (κ2) is 6.14. The predicted octanol–water partition coefficient (Wildman–Crippen LogP) is 4.48. The predicted molar refractivity (Wildman–Crippen MR) is 95.9 cm³/mol. The molecule has 4 aromatic rings. The third kappa shape index (κ3) is 2.81. The number of hydrogen-bond donors (Lipinski definition) is 1. The van der Waals surface area contributed by atoms with E-state index in [0.29, 0.717) is 16.7 Å². The molecule has 3 heterocycles. The monoisotopic (exact) mass is 351 g/mol. The molecule has 6 nitrogen and oxygen atoms in total. The lowest BCUT2D eigenvalue weighted by Crippen LogP contribution is -1.95. The number of halogens is 1. The van der Waals surface area contributed by atoms with Gasteiger partial charge in [-0.1, -0.05) is 11.6 Å². The number of nitrogens with one attached hydrogen (secondary N) is 1. The summed E-state index contributed by atoms with van der Waals surface area (Å²) in [5.74, 6) is 1.08. The molecule has 1 N–H and O–H groups in total. The van der Waals surface area contributed by atoms with E-state index in [1.807, 2.05) is 32.0 Å². The van der Waals surface area contributed by atoms with Gasteiger partial charge in [-0.05, 0) is 32.0 Å². The van der Waals surface area contributed by atoms with Crippen LogP contribution in [0.3, 0.4) is 0 Å². The Bertz CT molecular complexity index is 1060. The summed E-state index contributed by atoms with van der Waals surface area (Å²) < 4.78 is 5.90. The minimum absolute atomic E-state index is 0.477. The number of pyridine rings is 1. The Balaban J connectivity index is 1.72. The zero-order chi connectivity index (χ0) is 17.4. The van der Waals surface area contributed by atoms with E-state index in [2.05, 4.69) is 25.1 Å². The van der Waals surface area contributed by atoms with Gasteiger partial charge in [0.05, 0.1) is 22.1 Å². The molecule has 0 amide bonds. The van der Waals surface area contributed by atoms with Gasteiger partial charge < -0.3 is 4.74 Å². The molecule has 0 saturated carbocycles. The molecule has 0 radical (unpaired) electrons. The summed E-state index contributed by atoms with van der Waals surface area (Å²) in [4.78, 5) is 12.8. The summed E-state index contributed by atoms with van der Waals surface area (Å²) in [7, 11) is 0. The number of ether oxygens (including phenoxy) is 1. The quantitative estimate of drug-likeness (QED) is 0.589. The Morgan fingerprint density at radius 2 is 1.84 bits per heavy atom. The maximum atomic E-state index is 6.50. The summed E-state index contributed by atoms with van der Waals surface area (Å²) in [6.45, 7) is 3.88. The highest BCUT2D eigenvalue weighted by Crippen LogP contribution is 2.35. The smallest absolute Gasteiger partial charge is 0.230 e. The molecule has 25 heavy (non-hydrogen) atoms. The Morgan fingerprint density at radius 3 is 2.60 bits per heavy atom. The molecule has 3 aromatic heterocycles. The molecule has 0 aliphatic heterocycles. The van der Waals surface area contributed by atoms with Crippen molar-refractivity contribution in [1.82, 2.24) is 25.1 Å². The zero-order valence-electron chi connectivity index (χ0n) is 13.6. The number of aromatic nitrogens is 5. The van der Waals surface area contributed by atoms with Crippen LogP contribution in [0.4, 0.5) is 0 Å². The van der Waals surface area contributed by atoms with E-state index in [1.165, 1.54) is 0 Å². The molecule has 0 spiro atoms. The molecule has 0 atom stereocenters. The van der Waals surface area contributed by atoms with Gasteiger partial charge in [-0.3, -0.25) is 5.10 Å². The maximum Gasteiger partial charge on any atom is 0.230 e. The van der Waals surface area contributed by atoms with Gasteiger partial charge in [-0.25, -0.2) is 15.0 Å². The summed E-state index contributed by atoms with van der Waals surface area (Å²) in [5, 5.41) is 8.28. The van der Waals surface area contributed by atoms with Gasteiger partial charge in [0.1, 0.15) is 12.1 Å². The van der Waals surface area contributed by atoms with Crippen LogP contribution in [0, 0.1) is 13.8 Å². The fourth-order valence-electron chi connectivity index (χ4n) is 2.78. The molecule has 0 aliphatic carbocycles. The Labute approximate surface area is 148 Å². The topological polar surface area (TPSA) is 76.6 Å². The van der Waals surface area contributed by atoms with Gasteiger partial charge in [0.25, 0.3) is 0 Å². The van der Waals surface area contributed by atoms with Gasteiger partial charge in [-0.2, -0.15) is 5.10 Å². The van der Waals surface area contributed by atoms with E-state index < -0.39 is 0 Å². The Hall–Kier alpha value is -2.99. The first-order chi connectivity index (χ1) is 12.1. The fourth-order valence-corrected chi connectivity index (χ4v) is 3.05. The summed E-state index contributed by atoms with van der Waals surface area (Å²) in [6, 6.07) is 7.37. The second-order valence-electron chi connectivity index (χ2n) is 5.61. The van der Waals surface area contributed by atoms with Gasteiger partial charge in [-0.15, -0.1) is 0 Å². The molecule has 0 aliphatic rings. The molecule has 124 valence electrons. The first-order valence-corrected chi connectivity index (χ1v) is 8.05. The van der Waals surface area contributed by atoms with Crippen LogP contribution in [0.2, 0.25) is 5.02 Å². The van der Waals surface area contributed by atoms with Crippen molar-refractivity contribution in [1.29, 1.82) is 0 Å². The van der Waals surface area contributed by atoms with E-state index in [4.69, 9.17) is 16.3 Å². The Morgan fingerprint density at radius 1 is 1.04 bits per heavy atom. The van der Waals surface area contributed by atoms with Gasteiger partial charge in [0.2, 0.25) is 5.88 Å². The average Bonchev–Trinajstić information content (AvgIpc) is 3.06. The first-order valence-electron chi connectivity index (χ1n) is 7.67. The third-order valence-corrected chi connectivity index (χ3v) is 4.30. The van der Waals surface area contributed by atoms with Crippen LogP contribution in [0.25, 0.3) is 22.0 Å². The number of aryl methyl sites for hydroxylation is 2. The largest absolute Gasteiger partial charge is 0.438 e. The summed E-state index contributed by atoms with van der Waals surface area (Å²) >= 11 is 6.50. The second-order valence-corrected chi connectivity index (χ2v) is 6.02. The lowest BCUT2D eigenvalue weighted by Gasteiger charge is -2.12. The lowest BCUT2D eigenvalue weighted by atomic mass is 10.0. The van der Waals surface area contributed by atoms with Gasteiger partial charge >= 0.3 is 0 Å². The van der Waals surface area contributed by atoms with Crippen molar-refractivity contribution in [3.8, 4) is 22.8 Å². The van der Waals surface area contributed by atoms with Crippen molar-refractivity contribution >= 4 is 22.5 Å². The number of rotatable bonds is 3. The van der Waals surface area contributed by atoms with Crippen LogP contribution in [0.15, 0.2) is 43.0 Å². The van der Waals surface area contributed by atoms with Gasteiger partial charge in [0, 0.05) is 34.8 Å². The number of H-pyrrole nitrogens is 1. The molecule has 0 fully saturated rings. The van der Waals surface area contributed by atoms with Crippen molar-refractivity contribution in [2.45, 2.75) is 13.8 Å². The highest BCUT2D eigenvalue weighted by Gasteiger charge is 2.13. The van der Waals surface area contributed by atoms with Crippen LogP contribution < -0.4 is 4.74 Å². The molecule has 4 rings (SSSR count). The molecule has 0 bridgehead atoms. The highest BCUT2D eigenvalue weighted by molar-refractivity contribution is 6.33. The van der Waals surface area contributed by atoms with Crippen molar-refractivity contribution in [3.63, 3.8) is 0 Å². The minimum atomic E-state index is 0.477. The molecule has 0 saturated heterocycles. The molecular formula is C18H14ClN5O. The van der Waals surface area contributed by atoms with Crippen LogP contribution >= 0.6 is 11.6 Å². The number of benzene rings is 1. The van der Waals surface area contributed by atoms with Crippen molar-refractivity contribution in [3.05, 3.63) is 59.4 Å². The molecular weight excluding hydrogens is 338 g/mol. The van der Waals surface area contributed by atoms with E-state index in [1.54, 1.807) is 24.8 Å².